The number of benzene rings is 1. The summed E-state index contributed by atoms with van der Waals surface area (Å²) in [7, 11) is 0. The maximum Gasteiger partial charge on any atom is 0.250 e. The maximum absolute atomic E-state index is 11.3. The molecular formula is C12H13N3OS. The van der Waals surface area contributed by atoms with Crippen molar-refractivity contribution in [3.63, 3.8) is 0 Å². The number of rotatable bonds is 4. The Kier molecular flexibility index (Phi) is 3.30. The first-order chi connectivity index (χ1) is 8.16. The molecule has 0 fully saturated rings. The molecule has 0 saturated carbocycles. The highest BCUT2D eigenvalue weighted by molar-refractivity contribution is 7.07. The molecule has 17 heavy (non-hydrogen) atoms. The van der Waals surface area contributed by atoms with Crippen LogP contribution < -0.4 is 16.8 Å². The van der Waals surface area contributed by atoms with Crippen molar-refractivity contribution >= 4 is 28.6 Å². The van der Waals surface area contributed by atoms with Gasteiger partial charge in [-0.2, -0.15) is 11.3 Å². The van der Waals surface area contributed by atoms with Crippen LogP contribution in [0.1, 0.15) is 15.9 Å². The first kappa shape index (κ1) is 11.5. The Morgan fingerprint density at radius 1 is 1.35 bits per heavy atom. The largest absolute Gasteiger partial charge is 0.399 e. The number of carbonyl (C=O) groups excluding carboxylic acids is 1. The van der Waals surface area contributed by atoms with Crippen LogP contribution in [0.15, 0.2) is 35.0 Å². The van der Waals surface area contributed by atoms with Crippen LogP contribution in [0, 0.1) is 0 Å². The molecule has 5 heteroatoms. The van der Waals surface area contributed by atoms with E-state index >= 15 is 0 Å². The van der Waals surface area contributed by atoms with E-state index in [2.05, 4.69) is 5.32 Å². The van der Waals surface area contributed by atoms with Gasteiger partial charge in [-0.05, 0) is 40.6 Å². The lowest BCUT2D eigenvalue weighted by molar-refractivity contribution is 0.100. The van der Waals surface area contributed by atoms with Crippen LogP contribution in [0.2, 0.25) is 0 Å². The Bertz CT molecular complexity index is 523. The summed E-state index contributed by atoms with van der Waals surface area (Å²) in [5, 5.41) is 7.23. The van der Waals surface area contributed by atoms with E-state index in [0.717, 1.165) is 0 Å². The number of hydrogen-bond donors (Lipinski definition) is 3. The fourth-order valence-electron chi connectivity index (χ4n) is 1.51. The number of hydrogen-bond acceptors (Lipinski definition) is 4. The summed E-state index contributed by atoms with van der Waals surface area (Å²) >= 11 is 1.64. The second-order valence-corrected chi connectivity index (χ2v) is 4.43. The average Bonchev–Trinajstić information content (AvgIpc) is 2.80. The molecule has 0 aliphatic heterocycles. The van der Waals surface area contributed by atoms with Gasteiger partial charge >= 0.3 is 0 Å². The fourth-order valence-corrected chi connectivity index (χ4v) is 2.18. The van der Waals surface area contributed by atoms with Crippen molar-refractivity contribution in [2.45, 2.75) is 6.54 Å². The van der Waals surface area contributed by atoms with Gasteiger partial charge in [-0.1, -0.05) is 0 Å². The van der Waals surface area contributed by atoms with E-state index in [-0.39, 0.29) is 0 Å². The highest BCUT2D eigenvalue weighted by Gasteiger charge is 2.08. The molecule has 1 heterocycles. The van der Waals surface area contributed by atoms with Crippen molar-refractivity contribution in [3.8, 4) is 0 Å². The van der Waals surface area contributed by atoms with Crippen molar-refractivity contribution in [1.29, 1.82) is 0 Å². The minimum atomic E-state index is -0.481. The summed E-state index contributed by atoms with van der Waals surface area (Å²) in [6.45, 7) is 0.660. The molecular weight excluding hydrogens is 234 g/mol. The highest BCUT2D eigenvalue weighted by atomic mass is 32.1. The van der Waals surface area contributed by atoms with E-state index in [9.17, 15) is 4.79 Å². The standard InChI is InChI=1S/C12H13N3OS/c13-9-1-2-11(10(5-9)12(14)16)15-6-8-3-4-17-7-8/h1-5,7,15H,6,13H2,(H2,14,16). The van der Waals surface area contributed by atoms with E-state index in [4.69, 9.17) is 11.5 Å². The van der Waals surface area contributed by atoms with Crippen molar-refractivity contribution in [3.05, 3.63) is 46.2 Å². The molecule has 1 amide bonds. The van der Waals surface area contributed by atoms with Gasteiger partial charge in [-0.3, -0.25) is 4.79 Å². The zero-order valence-corrected chi connectivity index (χ0v) is 9.96. The Morgan fingerprint density at radius 2 is 2.18 bits per heavy atom. The minimum Gasteiger partial charge on any atom is -0.399 e. The molecule has 0 bridgehead atoms. The van der Waals surface area contributed by atoms with E-state index in [1.807, 2.05) is 16.8 Å². The predicted octanol–water partition coefficient (Wildman–Crippen LogP) is 2.04. The van der Waals surface area contributed by atoms with Gasteiger partial charge in [-0.15, -0.1) is 0 Å². The number of nitrogens with one attached hydrogen (secondary N) is 1. The van der Waals surface area contributed by atoms with Gasteiger partial charge in [0.2, 0.25) is 0 Å². The summed E-state index contributed by atoms with van der Waals surface area (Å²) in [5.74, 6) is -0.481. The Labute approximate surface area is 103 Å². The van der Waals surface area contributed by atoms with E-state index in [0.29, 0.717) is 23.5 Å². The lowest BCUT2D eigenvalue weighted by Crippen LogP contribution is -2.14. The van der Waals surface area contributed by atoms with Gasteiger partial charge in [0.1, 0.15) is 0 Å². The lowest BCUT2D eigenvalue weighted by Gasteiger charge is -2.10. The molecule has 1 aromatic heterocycles. The second kappa shape index (κ2) is 4.88. The van der Waals surface area contributed by atoms with Crippen LogP contribution in [0.4, 0.5) is 11.4 Å². The number of anilines is 2. The molecule has 1 aromatic carbocycles. The monoisotopic (exact) mass is 247 g/mol. The zero-order chi connectivity index (χ0) is 12.3. The number of thiophene rings is 1. The topological polar surface area (TPSA) is 81.1 Å². The van der Waals surface area contributed by atoms with Gasteiger partial charge in [0.25, 0.3) is 5.91 Å². The molecule has 88 valence electrons. The van der Waals surface area contributed by atoms with E-state index < -0.39 is 5.91 Å². The predicted molar refractivity (Wildman–Crippen MR) is 71.0 cm³/mol. The first-order valence-electron chi connectivity index (χ1n) is 5.11. The number of primary amides is 1. The molecule has 0 radical (unpaired) electrons. The fraction of sp³-hybridized carbons (Fsp3) is 0.0833. The van der Waals surface area contributed by atoms with Gasteiger partial charge in [0, 0.05) is 17.9 Å². The molecule has 0 aliphatic rings. The molecule has 4 nitrogen and oxygen atoms in total. The Balaban J connectivity index is 2.17. The van der Waals surface area contributed by atoms with Gasteiger partial charge < -0.3 is 16.8 Å². The lowest BCUT2D eigenvalue weighted by atomic mass is 10.1. The smallest absolute Gasteiger partial charge is 0.250 e. The number of nitrogens with two attached hydrogens (primary N) is 2. The van der Waals surface area contributed by atoms with Gasteiger partial charge in [0.05, 0.1) is 5.56 Å². The molecule has 2 rings (SSSR count). The van der Waals surface area contributed by atoms with Crippen LogP contribution in [0.5, 0.6) is 0 Å². The SMILES string of the molecule is NC(=O)c1cc(N)ccc1NCc1ccsc1. The molecule has 0 unspecified atom stereocenters. The first-order valence-corrected chi connectivity index (χ1v) is 6.05. The van der Waals surface area contributed by atoms with Crippen LogP contribution >= 0.6 is 11.3 Å². The molecule has 5 N–H and O–H groups in total. The summed E-state index contributed by atoms with van der Waals surface area (Å²) in [4.78, 5) is 11.3. The Morgan fingerprint density at radius 3 is 2.82 bits per heavy atom. The van der Waals surface area contributed by atoms with Crippen molar-refractivity contribution < 1.29 is 4.79 Å². The molecule has 0 saturated heterocycles. The molecule has 0 spiro atoms. The van der Waals surface area contributed by atoms with Crippen molar-refractivity contribution in [2.75, 3.05) is 11.1 Å². The summed E-state index contributed by atoms with van der Waals surface area (Å²) in [6.07, 6.45) is 0. The zero-order valence-electron chi connectivity index (χ0n) is 9.14. The third-order valence-electron chi connectivity index (χ3n) is 2.37. The van der Waals surface area contributed by atoms with Crippen LogP contribution in [-0.2, 0) is 6.54 Å². The molecule has 0 aliphatic carbocycles. The number of amides is 1. The minimum absolute atomic E-state index is 0.417. The van der Waals surface area contributed by atoms with E-state index in [1.54, 1.807) is 29.5 Å². The van der Waals surface area contributed by atoms with Crippen LogP contribution in [-0.4, -0.2) is 5.91 Å². The summed E-state index contributed by atoms with van der Waals surface area (Å²) < 4.78 is 0. The summed E-state index contributed by atoms with van der Waals surface area (Å²) in [6, 6.07) is 7.11. The van der Waals surface area contributed by atoms with Crippen LogP contribution in [0.3, 0.4) is 0 Å². The number of carbonyl (C=O) groups is 1. The van der Waals surface area contributed by atoms with Gasteiger partial charge in [0.15, 0.2) is 0 Å². The molecule has 0 atom stereocenters. The van der Waals surface area contributed by atoms with Crippen molar-refractivity contribution in [1.82, 2.24) is 0 Å². The highest BCUT2D eigenvalue weighted by Crippen LogP contribution is 2.19. The van der Waals surface area contributed by atoms with Crippen molar-refractivity contribution in [2.24, 2.45) is 5.73 Å². The second-order valence-electron chi connectivity index (χ2n) is 3.65. The summed E-state index contributed by atoms with van der Waals surface area (Å²) in [5.41, 5.74) is 13.7. The molecule has 2 aromatic rings. The van der Waals surface area contributed by atoms with Gasteiger partial charge in [-0.25, -0.2) is 0 Å². The third kappa shape index (κ3) is 2.76. The average molecular weight is 247 g/mol. The number of nitrogen functional groups attached to an aromatic ring is 1. The van der Waals surface area contributed by atoms with E-state index in [1.165, 1.54) is 5.56 Å². The van der Waals surface area contributed by atoms with Crippen LogP contribution in [0.25, 0.3) is 0 Å². The third-order valence-corrected chi connectivity index (χ3v) is 3.10. The Hall–Kier alpha value is -2.01. The maximum atomic E-state index is 11.3. The normalized spacial score (nSPS) is 10.1. The quantitative estimate of drug-likeness (QED) is 0.723.